The number of ether oxygens (including phenoxy) is 2. The minimum absolute atomic E-state index is 0.106. The molecule has 1 heterocycles. The summed E-state index contributed by atoms with van der Waals surface area (Å²) in [5.74, 6) is -1.24. The first-order chi connectivity index (χ1) is 17.3. The van der Waals surface area contributed by atoms with Gasteiger partial charge in [0.15, 0.2) is 12.6 Å². The maximum absolute atomic E-state index is 13.7. The molecule has 36 heavy (non-hydrogen) atoms. The van der Waals surface area contributed by atoms with E-state index >= 15 is 0 Å². The van der Waals surface area contributed by atoms with Crippen LogP contribution in [-0.4, -0.2) is 55.1 Å². The van der Waals surface area contributed by atoms with Crippen molar-refractivity contribution in [3.05, 3.63) is 64.7 Å². The monoisotopic (exact) mass is 492 g/mol. The summed E-state index contributed by atoms with van der Waals surface area (Å²) in [6.45, 7) is 5.35. The summed E-state index contributed by atoms with van der Waals surface area (Å²) < 4.78 is 10.8. The van der Waals surface area contributed by atoms with E-state index in [0.717, 1.165) is 24.8 Å². The molecule has 0 spiro atoms. The molecule has 0 aliphatic carbocycles. The van der Waals surface area contributed by atoms with Gasteiger partial charge in [-0.15, -0.1) is 0 Å². The molecule has 1 aliphatic heterocycles. The van der Waals surface area contributed by atoms with E-state index in [2.05, 4.69) is 5.32 Å². The highest BCUT2D eigenvalue weighted by atomic mass is 16.5. The number of hydrogen-bond acceptors (Lipinski definition) is 6. The van der Waals surface area contributed by atoms with Gasteiger partial charge in [-0.25, -0.2) is 9.59 Å². The lowest BCUT2D eigenvalue weighted by Gasteiger charge is -2.45. The van der Waals surface area contributed by atoms with Crippen LogP contribution in [0.15, 0.2) is 42.5 Å². The number of quaternary nitrogens is 1. The minimum Gasteiger partial charge on any atom is -0.465 e. The van der Waals surface area contributed by atoms with Crippen molar-refractivity contribution in [3.8, 4) is 6.07 Å². The van der Waals surface area contributed by atoms with E-state index in [9.17, 15) is 19.6 Å². The molecule has 0 bridgehead atoms. The van der Waals surface area contributed by atoms with Gasteiger partial charge in [0.1, 0.15) is 6.61 Å². The van der Waals surface area contributed by atoms with Crippen LogP contribution in [0, 0.1) is 18.3 Å². The molecular formula is C28H34N3O5+. The molecule has 8 heteroatoms. The predicted molar refractivity (Wildman–Crippen MR) is 135 cm³/mol. The molecular weight excluding hydrogens is 458 g/mol. The van der Waals surface area contributed by atoms with Crippen LogP contribution in [0.2, 0.25) is 0 Å². The average molecular weight is 493 g/mol. The van der Waals surface area contributed by atoms with Gasteiger partial charge in [0, 0.05) is 6.42 Å². The van der Waals surface area contributed by atoms with Crippen molar-refractivity contribution in [2.24, 2.45) is 0 Å². The molecule has 0 saturated carbocycles. The summed E-state index contributed by atoms with van der Waals surface area (Å²) in [5, 5.41) is 12.2. The van der Waals surface area contributed by atoms with Crippen LogP contribution < -0.4 is 5.32 Å². The fourth-order valence-corrected chi connectivity index (χ4v) is 5.08. The maximum atomic E-state index is 13.7. The first kappa shape index (κ1) is 26.9. The largest absolute Gasteiger partial charge is 0.465 e. The van der Waals surface area contributed by atoms with Crippen molar-refractivity contribution in [2.75, 3.05) is 32.1 Å². The van der Waals surface area contributed by atoms with E-state index in [4.69, 9.17) is 9.47 Å². The lowest BCUT2D eigenvalue weighted by molar-refractivity contribution is -0.940. The zero-order valence-electron chi connectivity index (χ0n) is 21.2. The standard InChI is InChI=1S/C28H33N3O5/c1-4-24(27(33)30-26-20(2)15-22(17-29)16-23(26)28(34)35-3)31(13-9-6-10-14-31)18-25(32)36-19-21-11-7-5-8-12-21/h5,7-8,11-12,15-16,24H,4,6,9-10,13-14,18-19H2,1-3H3/p+1. The summed E-state index contributed by atoms with van der Waals surface area (Å²) in [4.78, 5) is 39.0. The Balaban J connectivity index is 1.84. The van der Waals surface area contributed by atoms with Gasteiger partial charge in [-0.3, -0.25) is 4.79 Å². The SMILES string of the molecule is CCC(C(=O)Nc1c(C)cc(C#N)cc1C(=O)OC)[N+]1(CC(=O)OCc2ccccc2)CCCCC1. The number of benzene rings is 2. The molecule has 1 atom stereocenters. The van der Waals surface area contributed by atoms with Gasteiger partial charge in [-0.2, -0.15) is 5.26 Å². The van der Waals surface area contributed by atoms with E-state index in [-0.39, 0.29) is 30.6 Å². The van der Waals surface area contributed by atoms with Gasteiger partial charge < -0.3 is 19.3 Å². The van der Waals surface area contributed by atoms with Crippen LogP contribution in [0.4, 0.5) is 5.69 Å². The number of carbonyl (C=O) groups excluding carboxylic acids is 3. The van der Waals surface area contributed by atoms with Crippen molar-refractivity contribution in [2.45, 2.75) is 52.2 Å². The van der Waals surface area contributed by atoms with Gasteiger partial charge in [0.05, 0.1) is 43.1 Å². The summed E-state index contributed by atoms with van der Waals surface area (Å²) in [6, 6.07) is 14.1. The van der Waals surface area contributed by atoms with Gasteiger partial charge in [0.2, 0.25) is 0 Å². The molecule has 190 valence electrons. The Morgan fingerprint density at radius 1 is 1.11 bits per heavy atom. The molecule has 1 saturated heterocycles. The third kappa shape index (κ3) is 6.29. The third-order valence-corrected chi connectivity index (χ3v) is 6.86. The topological polar surface area (TPSA) is 105 Å². The van der Waals surface area contributed by atoms with Crippen molar-refractivity contribution in [1.82, 2.24) is 0 Å². The summed E-state index contributed by atoms with van der Waals surface area (Å²) in [7, 11) is 1.26. The number of nitrogens with zero attached hydrogens (tertiary/aromatic N) is 2. The van der Waals surface area contributed by atoms with Gasteiger partial charge in [-0.05, 0) is 49.4 Å². The molecule has 1 N–H and O–H groups in total. The number of methoxy groups -OCH3 is 1. The van der Waals surface area contributed by atoms with E-state index in [1.165, 1.54) is 13.2 Å². The highest BCUT2D eigenvalue weighted by molar-refractivity contribution is 6.03. The summed E-state index contributed by atoms with van der Waals surface area (Å²) >= 11 is 0. The molecule has 1 unspecified atom stereocenters. The molecule has 3 rings (SSSR count). The Bertz CT molecular complexity index is 1130. The number of rotatable bonds is 9. The number of likely N-dealkylation sites (tertiary alicyclic amines) is 1. The molecule has 0 aromatic heterocycles. The molecule has 2 aromatic carbocycles. The highest BCUT2D eigenvalue weighted by Gasteiger charge is 2.44. The van der Waals surface area contributed by atoms with E-state index in [0.29, 0.717) is 40.8 Å². The summed E-state index contributed by atoms with van der Waals surface area (Å²) in [5.41, 5.74) is 2.26. The predicted octanol–water partition coefficient (Wildman–Crippen LogP) is 4.11. The minimum atomic E-state index is -0.634. The molecule has 8 nitrogen and oxygen atoms in total. The lowest BCUT2D eigenvalue weighted by atomic mass is 9.99. The van der Waals surface area contributed by atoms with Crippen molar-refractivity contribution in [3.63, 3.8) is 0 Å². The fraction of sp³-hybridized carbons (Fsp3) is 0.429. The fourth-order valence-electron chi connectivity index (χ4n) is 5.08. The zero-order valence-corrected chi connectivity index (χ0v) is 21.2. The van der Waals surface area contributed by atoms with Crippen LogP contribution in [0.5, 0.6) is 0 Å². The number of piperidine rings is 1. The van der Waals surface area contributed by atoms with Crippen LogP contribution in [-0.2, 0) is 25.7 Å². The number of nitrogens with one attached hydrogen (secondary N) is 1. The number of esters is 2. The van der Waals surface area contributed by atoms with Gasteiger partial charge in [0.25, 0.3) is 5.91 Å². The number of nitriles is 1. The van der Waals surface area contributed by atoms with E-state index in [1.54, 1.807) is 13.0 Å². The van der Waals surface area contributed by atoms with Gasteiger partial charge in [-0.1, -0.05) is 37.3 Å². The molecule has 1 fully saturated rings. The first-order valence-electron chi connectivity index (χ1n) is 12.3. The van der Waals surface area contributed by atoms with Crippen LogP contribution in [0.25, 0.3) is 0 Å². The average Bonchev–Trinajstić information content (AvgIpc) is 2.89. The van der Waals surface area contributed by atoms with Gasteiger partial charge >= 0.3 is 11.9 Å². The second-order valence-electron chi connectivity index (χ2n) is 9.26. The normalized spacial score (nSPS) is 15.3. The number of carbonyl (C=O) groups is 3. The Morgan fingerprint density at radius 3 is 2.42 bits per heavy atom. The quantitative estimate of drug-likeness (QED) is 0.417. The van der Waals surface area contributed by atoms with E-state index in [1.807, 2.05) is 43.3 Å². The molecule has 1 aliphatic rings. The van der Waals surface area contributed by atoms with Crippen molar-refractivity contribution in [1.29, 1.82) is 5.26 Å². The lowest BCUT2D eigenvalue weighted by Crippen LogP contribution is -2.63. The Hall–Kier alpha value is -3.70. The Labute approximate surface area is 212 Å². The van der Waals surface area contributed by atoms with Crippen molar-refractivity contribution < 1.29 is 28.3 Å². The maximum Gasteiger partial charge on any atom is 0.362 e. The number of amides is 1. The van der Waals surface area contributed by atoms with Crippen molar-refractivity contribution >= 4 is 23.5 Å². The molecule has 0 radical (unpaired) electrons. The smallest absolute Gasteiger partial charge is 0.362 e. The van der Waals surface area contributed by atoms with Crippen LogP contribution in [0.3, 0.4) is 0 Å². The highest BCUT2D eigenvalue weighted by Crippen LogP contribution is 2.29. The zero-order chi connectivity index (χ0) is 26.1. The second-order valence-corrected chi connectivity index (χ2v) is 9.26. The van der Waals surface area contributed by atoms with E-state index < -0.39 is 12.0 Å². The second kappa shape index (κ2) is 12.3. The molecule has 1 amide bonds. The number of hydrogen-bond donors (Lipinski definition) is 1. The number of aryl methyl sites for hydroxylation is 1. The third-order valence-electron chi connectivity index (χ3n) is 6.86. The van der Waals surface area contributed by atoms with Crippen LogP contribution in [0.1, 0.15) is 59.7 Å². The van der Waals surface area contributed by atoms with Crippen LogP contribution >= 0.6 is 0 Å². The summed E-state index contributed by atoms with van der Waals surface area (Å²) in [6.07, 6.45) is 3.40. The molecule has 2 aromatic rings. The number of anilines is 1. The Kier molecular flexibility index (Phi) is 9.20. The Morgan fingerprint density at radius 2 is 1.81 bits per heavy atom. The first-order valence-corrected chi connectivity index (χ1v) is 12.3.